The van der Waals surface area contributed by atoms with Crippen molar-refractivity contribution in [1.82, 2.24) is 9.47 Å². The van der Waals surface area contributed by atoms with Gasteiger partial charge in [-0.1, -0.05) is 11.2 Å². The Bertz CT molecular complexity index is 483. The SMILES string of the molecule is N/C(=N/O)C1CCCN1CCn1ccccc1=O. The summed E-state index contributed by atoms with van der Waals surface area (Å²) in [5, 5.41) is 11.8. The van der Waals surface area contributed by atoms with Crippen LogP contribution in [0.5, 0.6) is 0 Å². The average molecular weight is 250 g/mol. The summed E-state index contributed by atoms with van der Waals surface area (Å²) in [5.41, 5.74) is 5.65. The molecule has 2 rings (SSSR count). The number of aromatic nitrogens is 1. The molecule has 0 saturated carbocycles. The molecule has 2 heterocycles. The molecule has 1 unspecified atom stereocenters. The average Bonchev–Trinajstić information content (AvgIpc) is 2.85. The van der Waals surface area contributed by atoms with Crippen molar-refractivity contribution < 1.29 is 5.21 Å². The number of oxime groups is 1. The molecule has 0 aromatic carbocycles. The smallest absolute Gasteiger partial charge is 0.250 e. The molecule has 1 atom stereocenters. The standard InChI is InChI=1S/C12H18N4O2/c13-12(14-18)10-4-3-7-15(10)8-9-16-6-2-1-5-11(16)17/h1-2,5-6,10,18H,3-4,7-9H2,(H2,13,14). The number of hydrogen-bond acceptors (Lipinski definition) is 4. The molecular formula is C12H18N4O2. The fraction of sp³-hybridized carbons (Fsp3) is 0.500. The van der Waals surface area contributed by atoms with Crippen LogP contribution in [0.15, 0.2) is 34.3 Å². The van der Waals surface area contributed by atoms with E-state index in [0.29, 0.717) is 6.54 Å². The van der Waals surface area contributed by atoms with Gasteiger partial charge in [0.2, 0.25) is 0 Å². The molecule has 1 aromatic heterocycles. The Morgan fingerprint density at radius 3 is 3.06 bits per heavy atom. The van der Waals surface area contributed by atoms with Crippen molar-refractivity contribution in [3.8, 4) is 0 Å². The van der Waals surface area contributed by atoms with E-state index in [9.17, 15) is 4.79 Å². The van der Waals surface area contributed by atoms with Gasteiger partial charge in [-0.2, -0.15) is 0 Å². The van der Waals surface area contributed by atoms with E-state index >= 15 is 0 Å². The fourth-order valence-electron chi connectivity index (χ4n) is 2.38. The van der Waals surface area contributed by atoms with E-state index in [4.69, 9.17) is 10.9 Å². The van der Waals surface area contributed by atoms with Gasteiger partial charge in [0.1, 0.15) is 0 Å². The molecule has 0 spiro atoms. The van der Waals surface area contributed by atoms with Gasteiger partial charge >= 0.3 is 0 Å². The van der Waals surface area contributed by atoms with Crippen molar-refractivity contribution in [1.29, 1.82) is 0 Å². The molecule has 0 amide bonds. The van der Waals surface area contributed by atoms with Crippen molar-refractivity contribution in [2.45, 2.75) is 25.4 Å². The lowest BCUT2D eigenvalue weighted by Crippen LogP contribution is -2.42. The molecule has 0 aliphatic carbocycles. The zero-order valence-electron chi connectivity index (χ0n) is 10.2. The van der Waals surface area contributed by atoms with Crippen LogP contribution in [0.25, 0.3) is 0 Å². The molecule has 6 nitrogen and oxygen atoms in total. The summed E-state index contributed by atoms with van der Waals surface area (Å²) in [6.45, 7) is 2.27. The van der Waals surface area contributed by atoms with Crippen molar-refractivity contribution in [2.75, 3.05) is 13.1 Å². The van der Waals surface area contributed by atoms with Crippen molar-refractivity contribution in [2.24, 2.45) is 10.9 Å². The molecular weight excluding hydrogens is 232 g/mol. The number of rotatable bonds is 4. The minimum atomic E-state index is -0.00517. The molecule has 3 N–H and O–H groups in total. The maximum atomic E-state index is 11.6. The lowest BCUT2D eigenvalue weighted by molar-refractivity contribution is 0.271. The number of amidine groups is 1. The molecule has 0 radical (unpaired) electrons. The highest BCUT2D eigenvalue weighted by molar-refractivity contribution is 5.85. The minimum absolute atomic E-state index is 0.00274. The number of pyridine rings is 1. The fourth-order valence-corrected chi connectivity index (χ4v) is 2.38. The summed E-state index contributed by atoms with van der Waals surface area (Å²) in [6, 6.07) is 5.11. The van der Waals surface area contributed by atoms with Crippen LogP contribution in [0.1, 0.15) is 12.8 Å². The zero-order chi connectivity index (χ0) is 13.0. The molecule has 1 aromatic rings. The van der Waals surface area contributed by atoms with E-state index in [0.717, 1.165) is 25.9 Å². The van der Waals surface area contributed by atoms with Crippen LogP contribution in [0.3, 0.4) is 0 Å². The third kappa shape index (κ3) is 2.70. The number of hydrogen-bond donors (Lipinski definition) is 2. The Labute approximate surface area is 105 Å². The Kier molecular flexibility index (Phi) is 3.99. The van der Waals surface area contributed by atoms with Gasteiger partial charge in [-0.3, -0.25) is 9.69 Å². The predicted octanol–water partition coefficient (Wildman–Crippen LogP) is 0.0591. The van der Waals surface area contributed by atoms with Crippen molar-refractivity contribution in [3.05, 3.63) is 34.7 Å². The van der Waals surface area contributed by atoms with Gasteiger partial charge in [0, 0.05) is 25.4 Å². The quantitative estimate of drug-likeness (QED) is 0.342. The van der Waals surface area contributed by atoms with Gasteiger partial charge in [0.15, 0.2) is 5.84 Å². The van der Waals surface area contributed by atoms with Gasteiger partial charge in [-0.05, 0) is 25.5 Å². The Morgan fingerprint density at radius 2 is 2.33 bits per heavy atom. The van der Waals surface area contributed by atoms with Crippen LogP contribution in [0.4, 0.5) is 0 Å². The molecule has 6 heteroatoms. The van der Waals surface area contributed by atoms with E-state index in [1.54, 1.807) is 22.9 Å². The molecule has 1 aliphatic heterocycles. The van der Waals surface area contributed by atoms with Crippen LogP contribution in [-0.4, -0.2) is 39.6 Å². The summed E-state index contributed by atoms with van der Waals surface area (Å²) in [5.74, 6) is 0.257. The first kappa shape index (κ1) is 12.6. The molecule has 1 saturated heterocycles. The van der Waals surface area contributed by atoms with Gasteiger partial charge < -0.3 is 15.5 Å². The summed E-state index contributed by atoms with van der Waals surface area (Å²) >= 11 is 0. The molecule has 0 bridgehead atoms. The second-order valence-electron chi connectivity index (χ2n) is 4.45. The third-order valence-electron chi connectivity index (χ3n) is 3.35. The normalized spacial score (nSPS) is 21.3. The molecule has 18 heavy (non-hydrogen) atoms. The van der Waals surface area contributed by atoms with Crippen LogP contribution < -0.4 is 11.3 Å². The highest BCUT2D eigenvalue weighted by Gasteiger charge is 2.27. The van der Waals surface area contributed by atoms with Gasteiger partial charge in [0.25, 0.3) is 5.56 Å². The Hall–Kier alpha value is -1.82. The van der Waals surface area contributed by atoms with Gasteiger partial charge in [-0.15, -0.1) is 0 Å². The predicted molar refractivity (Wildman–Crippen MR) is 68.7 cm³/mol. The van der Waals surface area contributed by atoms with E-state index in [-0.39, 0.29) is 17.4 Å². The van der Waals surface area contributed by atoms with Crippen LogP contribution >= 0.6 is 0 Å². The van der Waals surface area contributed by atoms with Crippen molar-refractivity contribution in [3.63, 3.8) is 0 Å². The van der Waals surface area contributed by atoms with E-state index in [1.807, 2.05) is 6.07 Å². The second kappa shape index (κ2) is 5.68. The van der Waals surface area contributed by atoms with Gasteiger partial charge in [-0.25, -0.2) is 0 Å². The monoisotopic (exact) mass is 250 g/mol. The number of nitrogens with zero attached hydrogens (tertiary/aromatic N) is 3. The molecule has 98 valence electrons. The third-order valence-corrected chi connectivity index (χ3v) is 3.35. The maximum Gasteiger partial charge on any atom is 0.250 e. The first-order chi connectivity index (χ1) is 8.72. The highest BCUT2D eigenvalue weighted by atomic mass is 16.4. The summed E-state index contributed by atoms with van der Waals surface area (Å²) in [4.78, 5) is 13.7. The molecule has 1 aliphatic rings. The number of likely N-dealkylation sites (tertiary alicyclic amines) is 1. The van der Waals surface area contributed by atoms with Crippen molar-refractivity contribution >= 4 is 5.84 Å². The van der Waals surface area contributed by atoms with Crippen LogP contribution in [0, 0.1) is 0 Å². The van der Waals surface area contributed by atoms with Gasteiger partial charge in [0.05, 0.1) is 6.04 Å². The molecule has 1 fully saturated rings. The largest absolute Gasteiger partial charge is 0.409 e. The first-order valence-electron chi connectivity index (χ1n) is 6.09. The first-order valence-corrected chi connectivity index (χ1v) is 6.09. The van der Waals surface area contributed by atoms with E-state index in [2.05, 4.69) is 10.1 Å². The second-order valence-corrected chi connectivity index (χ2v) is 4.45. The summed E-state index contributed by atoms with van der Waals surface area (Å²) in [6.07, 6.45) is 3.71. The lowest BCUT2D eigenvalue weighted by atomic mass is 10.2. The van der Waals surface area contributed by atoms with Crippen LogP contribution in [-0.2, 0) is 6.54 Å². The minimum Gasteiger partial charge on any atom is -0.409 e. The number of nitrogens with two attached hydrogens (primary N) is 1. The summed E-state index contributed by atoms with van der Waals surface area (Å²) in [7, 11) is 0. The highest BCUT2D eigenvalue weighted by Crippen LogP contribution is 2.16. The Morgan fingerprint density at radius 1 is 1.50 bits per heavy atom. The zero-order valence-corrected chi connectivity index (χ0v) is 10.2. The van der Waals surface area contributed by atoms with E-state index in [1.165, 1.54) is 0 Å². The van der Waals surface area contributed by atoms with E-state index < -0.39 is 0 Å². The summed E-state index contributed by atoms with van der Waals surface area (Å²) < 4.78 is 1.67. The maximum absolute atomic E-state index is 11.6. The lowest BCUT2D eigenvalue weighted by Gasteiger charge is -2.23. The van der Waals surface area contributed by atoms with Crippen LogP contribution in [0.2, 0.25) is 0 Å². The Balaban J connectivity index is 1.98. The topological polar surface area (TPSA) is 83.8 Å².